The van der Waals surface area contributed by atoms with Crippen LogP contribution >= 0.6 is 12.6 Å². The molecule has 31 N–H and O–H groups in total. The zero-order valence-corrected chi connectivity index (χ0v) is 78.9. The molecule has 3 aromatic carbocycles. The molecule has 0 aromatic heterocycles. The van der Waals surface area contributed by atoms with Gasteiger partial charge >= 0.3 is 11.9 Å². The second-order valence-corrected chi connectivity index (χ2v) is 34.4. The number of carboxylic acid groups (broad SMARTS) is 2. The van der Waals surface area contributed by atoms with Crippen LogP contribution in [0.4, 0.5) is 0 Å². The number of hydrogen-bond donors (Lipinski definition) is 28. The minimum atomic E-state index is -1.97. The fourth-order valence-electron chi connectivity index (χ4n) is 13.9. The van der Waals surface area contributed by atoms with E-state index in [9.17, 15) is 126 Å². The lowest BCUT2D eigenvalue weighted by atomic mass is 9.99. The Morgan fingerprint density at radius 1 is 0.413 bits per heavy atom. The molecule has 50 heteroatoms. The number of nitrogens with zero attached hydrogens (tertiary/aromatic N) is 1. The predicted molar refractivity (Wildman–Crippen MR) is 497 cm³/mol. The fraction of sp³-hybridized carbons (Fsp3) is 0.545. The average Bonchev–Trinajstić information content (AvgIpc) is 1.67. The van der Waals surface area contributed by atoms with Gasteiger partial charge in [-0.05, 0) is 93.7 Å². The van der Waals surface area contributed by atoms with Crippen LogP contribution in [0.1, 0.15) is 137 Å². The molecule has 4 rings (SSSR count). The minimum absolute atomic E-state index is 0.0316. The van der Waals surface area contributed by atoms with Gasteiger partial charge in [0.1, 0.15) is 96.7 Å². The predicted octanol–water partition coefficient (Wildman–Crippen LogP) is -8.92. The van der Waals surface area contributed by atoms with Crippen LogP contribution in [0.25, 0.3) is 0 Å². The first-order valence-corrected chi connectivity index (χ1v) is 45.2. The molecular weight excluding hydrogens is 1830 g/mol. The number of guanidine groups is 1. The Hall–Kier alpha value is -14.0. The first kappa shape index (κ1) is 116. The number of benzene rings is 3. The smallest absolute Gasteiger partial charge is 0.327 e. The molecule has 49 nitrogen and oxygen atoms in total. The number of aliphatic hydroxyl groups is 3. The third-order valence-corrected chi connectivity index (χ3v) is 22.1. The van der Waals surface area contributed by atoms with Gasteiger partial charge in [-0.2, -0.15) is 12.6 Å². The van der Waals surface area contributed by atoms with E-state index in [1.165, 1.54) is 34.6 Å². The number of thiol groups is 1. The number of aliphatic carboxylic acids is 2. The molecule has 0 aliphatic carbocycles. The summed E-state index contributed by atoms with van der Waals surface area (Å²) in [6.07, 6.45) is -5.36. The summed E-state index contributed by atoms with van der Waals surface area (Å²) in [7, 11) is 0. The van der Waals surface area contributed by atoms with E-state index < -0.39 is 296 Å². The Kier molecular flexibility index (Phi) is 49.2. The number of aliphatic hydroxyl groups excluding tert-OH is 3. The highest BCUT2D eigenvalue weighted by Gasteiger charge is 2.43. The third kappa shape index (κ3) is 39.7. The SMILES string of the molecule is CC(C)[C@H](NC(=O)[C@H](CO)NC(=O)[C@H](C)NC(=O)[C@H](Cc1ccccc1)NC(=O)[C@H](CCCNC(=N)N)NC(=O)[C@@H](NC(=O)[C@H](C)NC(=O)[C@H](CC(N)=O)NC(=O)[C@H](Cc1ccccc1)NC(=O)[C@@H](NC(=O)[C@H](CCC(=O)O)NC(=O)CNC(=O)[C@H](Cc1ccccc1)NC(=O)[C@@H]1CCCN1C(=O)[C@H](CO)NC(=O)[C@@H](NC(=O)[C@@H](N)CCC(N)=O)C(C)C)C(C)C)[C@@H](C)O)C(=O)N[C@@H](CS)C(=O)O. The maximum Gasteiger partial charge on any atom is 0.327 e. The highest BCUT2D eigenvalue weighted by Crippen LogP contribution is 2.21. The first-order valence-electron chi connectivity index (χ1n) is 44.6. The van der Waals surface area contributed by atoms with Crippen LogP contribution in [0, 0.1) is 23.2 Å². The minimum Gasteiger partial charge on any atom is -0.481 e. The molecule has 138 heavy (non-hydrogen) atoms. The van der Waals surface area contributed by atoms with Crippen molar-refractivity contribution in [2.24, 2.45) is 40.7 Å². The Balaban J connectivity index is 1.52. The molecule has 1 aliphatic heterocycles. The summed E-state index contributed by atoms with van der Waals surface area (Å²) in [6, 6.07) is -2.79. The van der Waals surface area contributed by atoms with Gasteiger partial charge in [0.25, 0.3) is 0 Å². The van der Waals surface area contributed by atoms with Crippen LogP contribution in [0.3, 0.4) is 0 Å². The summed E-state index contributed by atoms with van der Waals surface area (Å²) < 4.78 is 0. The number of nitrogens with one attached hydrogen (secondary N) is 18. The number of likely N-dealkylation sites (tertiary alicyclic amines) is 1. The fourth-order valence-corrected chi connectivity index (χ4v) is 14.2. The quantitative estimate of drug-likeness (QED) is 0.0108. The van der Waals surface area contributed by atoms with Crippen molar-refractivity contribution in [3.8, 4) is 0 Å². The van der Waals surface area contributed by atoms with E-state index in [-0.39, 0.29) is 76.6 Å². The van der Waals surface area contributed by atoms with Gasteiger partial charge in [0.2, 0.25) is 112 Å². The Morgan fingerprint density at radius 2 is 0.797 bits per heavy atom. The van der Waals surface area contributed by atoms with E-state index in [2.05, 4.69) is 103 Å². The van der Waals surface area contributed by atoms with Gasteiger partial charge in [0, 0.05) is 50.9 Å². The largest absolute Gasteiger partial charge is 0.481 e. The summed E-state index contributed by atoms with van der Waals surface area (Å²) >= 11 is 3.93. The number of amides is 19. The number of carboxylic acids is 2. The van der Waals surface area contributed by atoms with Gasteiger partial charge in [-0.25, -0.2) is 4.79 Å². The van der Waals surface area contributed by atoms with E-state index in [1.807, 2.05) is 0 Å². The molecule has 0 radical (unpaired) electrons. The van der Waals surface area contributed by atoms with E-state index in [4.69, 9.17) is 28.3 Å². The molecule has 0 spiro atoms. The van der Waals surface area contributed by atoms with Crippen molar-refractivity contribution in [2.75, 3.05) is 38.6 Å². The van der Waals surface area contributed by atoms with Crippen LogP contribution in [0.15, 0.2) is 91.0 Å². The molecule has 0 saturated carbocycles. The van der Waals surface area contributed by atoms with Gasteiger partial charge in [0.15, 0.2) is 5.96 Å². The summed E-state index contributed by atoms with van der Waals surface area (Å²) in [5.41, 5.74) is 23.5. The Bertz CT molecular complexity index is 4730. The third-order valence-electron chi connectivity index (χ3n) is 21.7. The highest BCUT2D eigenvalue weighted by atomic mass is 32.1. The maximum atomic E-state index is 14.7. The number of primary amides is 2. The molecule has 1 fully saturated rings. The molecular formula is C88H131N23O26S. The number of carbonyl (C=O) groups excluding carboxylic acids is 19. The molecule has 1 heterocycles. The van der Waals surface area contributed by atoms with E-state index in [0.29, 0.717) is 16.7 Å². The number of nitrogens with two attached hydrogens (primary N) is 4. The van der Waals surface area contributed by atoms with Gasteiger partial charge in [0.05, 0.1) is 38.3 Å². The molecule has 3 aromatic rings. The molecule has 0 unspecified atom stereocenters. The van der Waals surface area contributed by atoms with Gasteiger partial charge in [-0.15, -0.1) is 0 Å². The van der Waals surface area contributed by atoms with Crippen LogP contribution < -0.4 is 113 Å². The first-order chi connectivity index (χ1) is 65.0. The highest BCUT2D eigenvalue weighted by molar-refractivity contribution is 7.80. The lowest BCUT2D eigenvalue weighted by Crippen LogP contribution is -2.62. The van der Waals surface area contributed by atoms with E-state index in [0.717, 1.165) is 18.7 Å². The van der Waals surface area contributed by atoms with Crippen LogP contribution in [-0.4, -0.2) is 308 Å². The molecule has 1 saturated heterocycles. The van der Waals surface area contributed by atoms with Gasteiger partial charge in [-0.1, -0.05) is 133 Å². The number of rotatable bonds is 59. The van der Waals surface area contributed by atoms with E-state index in [1.54, 1.807) is 105 Å². The molecule has 18 atom stereocenters. The molecule has 1 aliphatic rings. The molecule has 760 valence electrons. The second-order valence-electron chi connectivity index (χ2n) is 34.0. The van der Waals surface area contributed by atoms with Crippen molar-refractivity contribution in [1.82, 2.24) is 95.3 Å². The van der Waals surface area contributed by atoms with Crippen molar-refractivity contribution in [2.45, 2.75) is 248 Å². The molecule has 0 bridgehead atoms. The normalized spacial score (nSPS) is 15.9. The summed E-state index contributed by atoms with van der Waals surface area (Å²) in [5.74, 6) is -25.3. The van der Waals surface area contributed by atoms with Crippen LogP contribution in [0.2, 0.25) is 0 Å². The monoisotopic (exact) mass is 1960 g/mol. The van der Waals surface area contributed by atoms with Gasteiger partial charge < -0.3 is 144 Å². The van der Waals surface area contributed by atoms with Crippen LogP contribution in [-0.2, 0) is 120 Å². The van der Waals surface area contributed by atoms with Crippen molar-refractivity contribution in [1.29, 1.82) is 5.41 Å². The van der Waals surface area contributed by atoms with E-state index >= 15 is 0 Å². The average molecular weight is 1960 g/mol. The second kappa shape index (κ2) is 58.4. The number of carbonyl (C=O) groups is 21. The maximum absolute atomic E-state index is 14.7. The lowest BCUT2D eigenvalue weighted by molar-refractivity contribution is -0.143. The van der Waals surface area contributed by atoms with Crippen molar-refractivity contribution in [3.05, 3.63) is 108 Å². The summed E-state index contributed by atoms with van der Waals surface area (Å²) in [5, 5.41) is 99.7. The van der Waals surface area contributed by atoms with Gasteiger partial charge in [-0.3, -0.25) is 101 Å². The van der Waals surface area contributed by atoms with Crippen LogP contribution in [0.5, 0.6) is 0 Å². The Labute approximate surface area is 801 Å². The molecule has 19 amide bonds. The Morgan fingerprint density at radius 3 is 1.24 bits per heavy atom. The topological polar surface area (TPSA) is 795 Å². The standard InChI is InChI=1S/C88H131N23O26S/c1-43(2)67(107-73(122)52(89)29-31-63(90)115)83(132)105-60(41-113)86(135)111-34-20-28-62(111)81(130)102-55(35-49-21-13-10-14-22-49)74(123)95-39-65(117)98-54(30-32-66(118)119)76(125)108-68(44(3)4)82(131)103-57(37-51-25-17-12-18-26-51)79(128)101-58(38-64(91)116)78(127)97-47(8)72(121)110-70(48(9)114)85(134)99-53(27-19-33-94-88(92)93)75(124)100-56(36-50-23-15-11-16-24-50)77(126)96-46(7)71(120)104-59(40-112)80(129)109-69(45(5)6)84(133)106-61(42-138)87(136)137/h10-18,21-26,43-48,52-62,67-70,112-114,138H,19-20,27-42,89H2,1-9H3,(H2,90,115)(H2,91,116)(H,95,123)(H,96,126)(H,97,127)(H,98,117)(H,99,134)(H,100,124)(H,101,128)(H,102,130)(H,103,131)(H,104,120)(H,105,132)(H,106,133)(H,107,122)(H,108,125)(H,109,129)(H,110,121)(H,118,119)(H,136,137)(H4,92,93,94)/t46-,47-,48+,52-,53-,54-,55-,56-,57-,58-,59-,60-,61-,62-,67-,68-,69-,70-/m0/s1. The number of hydrogen-bond acceptors (Lipinski definition) is 27. The zero-order valence-electron chi connectivity index (χ0n) is 78.0. The lowest BCUT2D eigenvalue weighted by Gasteiger charge is -2.30. The van der Waals surface area contributed by atoms with Crippen molar-refractivity contribution < 1.29 is 126 Å². The summed E-state index contributed by atoms with van der Waals surface area (Å²) in [4.78, 5) is 287. The van der Waals surface area contributed by atoms with Crippen molar-refractivity contribution in [3.63, 3.8) is 0 Å². The van der Waals surface area contributed by atoms with Crippen molar-refractivity contribution >= 4 is 143 Å². The zero-order chi connectivity index (χ0) is 103. The summed E-state index contributed by atoms with van der Waals surface area (Å²) in [6.45, 7) is 9.49.